The van der Waals surface area contributed by atoms with E-state index in [1.807, 2.05) is 12.1 Å². The summed E-state index contributed by atoms with van der Waals surface area (Å²) >= 11 is 0. The van der Waals surface area contributed by atoms with Gasteiger partial charge in [0.15, 0.2) is 0 Å². The predicted molar refractivity (Wildman–Crippen MR) is 285 cm³/mol. The lowest BCUT2D eigenvalue weighted by atomic mass is 9.83. The van der Waals surface area contributed by atoms with Crippen molar-refractivity contribution in [3.8, 4) is 0 Å². The van der Waals surface area contributed by atoms with Crippen molar-refractivity contribution in [3.63, 3.8) is 0 Å². The van der Waals surface area contributed by atoms with Gasteiger partial charge in [0.25, 0.3) is 0 Å². The van der Waals surface area contributed by atoms with Gasteiger partial charge >= 0.3 is 0 Å². The minimum absolute atomic E-state index is 0.338. The molecule has 1 aromatic rings. The summed E-state index contributed by atoms with van der Waals surface area (Å²) in [5.74, 6) is 0. The Labute approximate surface area is 375 Å². The van der Waals surface area contributed by atoms with Gasteiger partial charge in [0.2, 0.25) is 0 Å². The quantitative estimate of drug-likeness (QED) is 0.321. The zero-order valence-corrected chi connectivity index (χ0v) is 57.2. The van der Waals surface area contributed by atoms with Gasteiger partial charge in [-0.1, -0.05) is 61.8 Å². The van der Waals surface area contributed by atoms with Crippen LogP contribution >= 0.6 is 0 Å². The van der Waals surface area contributed by atoms with Crippen LogP contribution in [0.3, 0.4) is 0 Å². The SMILES string of the molecule is CC(C)(C)N([SiH3])C(C)(C)C.CC(C)N([SiH3])C(C)C.CC1(C)CCCC(C)(C)N1[SiH3].CCC(C)N([SiH3])C(C)CC.[SiH3]N1CC1.[SiH3]N1CCCCC1.[SiH3]n1cccc1. The predicted octanol–water partition coefficient (Wildman–Crippen LogP) is 1.98. The van der Waals surface area contributed by atoms with Crippen molar-refractivity contribution < 1.29 is 0 Å². The molecule has 56 heavy (non-hydrogen) atoms. The second-order valence-electron chi connectivity index (χ2n) is 21.0. The Balaban J connectivity index is -0.000000594. The highest BCUT2D eigenvalue weighted by molar-refractivity contribution is 6.07. The fourth-order valence-electron chi connectivity index (χ4n) is 6.29. The van der Waals surface area contributed by atoms with Crippen LogP contribution in [0.5, 0.6) is 0 Å². The van der Waals surface area contributed by atoms with Crippen molar-refractivity contribution in [1.82, 2.24) is 31.6 Å². The molecule has 1 aromatic heterocycles. The van der Waals surface area contributed by atoms with Crippen LogP contribution in [0, 0.1) is 0 Å². The second-order valence-corrected chi connectivity index (χ2v) is 28.4. The minimum atomic E-state index is 0.338. The third-order valence-electron chi connectivity index (χ3n) is 12.6. The Morgan fingerprint density at radius 1 is 0.554 bits per heavy atom. The van der Waals surface area contributed by atoms with Crippen LogP contribution in [0.15, 0.2) is 24.5 Å². The third-order valence-corrected chi connectivity index (χ3v) is 23.9. The molecule has 0 N–H and O–H groups in total. The lowest BCUT2D eigenvalue weighted by Crippen LogP contribution is -2.57. The molecule has 0 aromatic carbocycles. The summed E-state index contributed by atoms with van der Waals surface area (Å²) in [7, 11) is 8.43. The molecule has 3 aliphatic heterocycles. The number of hydrogen-bond acceptors (Lipinski definition) is 6. The Morgan fingerprint density at radius 2 is 0.893 bits per heavy atom. The van der Waals surface area contributed by atoms with Crippen molar-refractivity contribution in [3.05, 3.63) is 24.5 Å². The Hall–Kier alpha value is 0.558. The van der Waals surface area contributed by atoms with Crippen LogP contribution in [-0.2, 0) is 0 Å². The molecular formula is C42H107N7Si7. The summed E-state index contributed by atoms with van der Waals surface area (Å²) in [4.78, 5) is 0. The van der Waals surface area contributed by atoms with Crippen LogP contribution in [-0.4, -0.2) is 177 Å². The van der Waals surface area contributed by atoms with E-state index in [1.165, 1.54) is 130 Å². The largest absolute Gasteiger partial charge is 0.390 e. The maximum atomic E-state index is 2.66. The maximum Gasteiger partial charge on any atom is 0.112 e. The van der Waals surface area contributed by atoms with Gasteiger partial charge in [-0.05, 0) is 176 Å². The molecule has 2 atom stereocenters. The van der Waals surface area contributed by atoms with Gasteiger partial charge in [-0.25, -0.2) is 0 Å². The summed E-state index contributed by atoms with van der Waals surface area (Å²) in [6.45, 7) is 46.8. The van der Waals surface area contributed by atoms with Gasteiger partial charge in [-0.3, -0.25) is 0 Å². The van der Waals surface area contributed by atoms with Crippen molar-refractivity contribution in [2.24, 2.45) is 0 Å². The Bertz CT molecular complexity index is 989. The van der Waals surface area contributed by atoms with Crippen molar-refractivity contribution in [2.45, 2.75) is 222 Å². The molecule has 3 saturated heterocycles. The lowest BCUT2D eigenvalue weighted by molar-refractivity contribution is 0.0577. The molecule has 0 amide bonds. The van der Waals surface area contributed by atoms with Gasteiger partial charge in [0.1, 0.15) is 10.4 Å². The van der Waals surface area contributed by atoms with Gasteiger partial charge < -0.3 is 31.6 Å². The van der Waals surface area contributed by atoms with E-state index in [0.29, 0.717) is 22.2 Å². The highest BCUT2D eigenvalue weighted by Gasteiger charge is 2.37. The van der Waals surface area contributed by atoms with Crippen molar-refractivity contribution >= 4 is 72.8 Å². The molecule has 0 radical (unpaired) electrons. The molecule has 4 rings (SSSR count). The van der Waals surface area contributed by atoms with Crippen LogP contribution in [0.25, 0.3) is 0 Å². The molecule has 0 aliphatic carbocycles. The molecule has 0 bridgehead atoms. The summed E-state index contributed by atoms with van der Waals surface area (Å²) in [6.07, 6.45) is 15.2. The van der Waals surface area contributed by atoms with Crippen LogP contribution in [0.1, 0.15) is 176 Å². The topological polar surface area (TPSA) is 24.1 Å². The van der Waals surface area contributed by atoms with Crippen LogP contribution in [0.4, 0.5) is 0 Å². The first-order valence-corrected chi connectivity index (χ1v) is 29.0. The lowest BCUT2D eigenvalue weighted by Gasteiger charge is -2.51. The fraction of sp³-hybridized carbons (Fsp3) is 0.905. The van der Waals surface area contributed by atoms with Crippen molar-refractivity contribution in [1.29, 1.82) is 0 Å². The standard InChI is InChI=1S/C9H21NSi.2C8H21NSi.C6H17NSi.C5H13NSi.C4H7NSi.C2H7NSi/c1-8(2)6-5-7-9(3,4)10(8)11;1-7(2,3)9(10)8(4,5)6;1-5-7(3)9(10)8(4)6-2;1-5(2)7(8)6(3)4;7-6-4-2-1-3-5-6;6-5-3-1-2-4-5;4-3-1-2-3/h5-7H2,1-4,11H3;1-6,10H3;7-8H,5-6H2,1-4,10H3;5-6H,1-4,8H3;1-5H2,7H3;1-4H,6H3;1-2H2,4H3. The van der Waals surface area contributed by atoms with E-state index in [1.54, 1.807) is 0 Å². The summed E-state index contributed by atoms with van der Waals surface area (Å²) in [6, 6.07) is 7.13. The zero-order valence-electron chi connectivity index (χ0n) is 43.2. The summed E-state index contributed by atoms with van der Waals surface area (Å²) in [5.41, 5.74) is 1.61. The number of hydrogen-bond donors (Lipinski definition) is 0. The average Bonchev–Trinajstić information content (AvgIpc) is 3.74. The summed E-state index contributed by atoms with van der Waals surface area (Å²) in [5, 5.41) is 0. The van der Waals surface area contributed by atoms with E-state index in [-0.39, 0.29) is 0 Å². The monoisotopic (exact) mass is 906 g/mol. The molecule has 3 aliphatic rings. The molecular weight excluding hydrogens is 799 g/mol. The van der Waals surface area contributed by atoms with E-state index >= 15 is 0 Å². The summed E-state index contributed by atoms with van der Waals surface area (Å²) < 4.78 is 17.3. The van der Waals surface area contributed by atoms with E-state index in [0.717, 1.165) is 45.0 Å². The first kappa shape index (κ1) is 60.9. The smallest absolute Gasteiger partial charge is 0.112 e. The zero-order chi connectivity index (χ0) is 44.7. The second kappa shape index (κ2) is 30.6. The van der Waals surface area contributed by atoms with E-state index in [4.69, 9.17) is 0 Å². The third kappa shape index (κ3) is 31.4. The number of aromatic nitrogens is 1. The fourth-order valence-corrected chi connectivity index (χ4v) is 8.65. The maximum absolute atomic E-state index is 2.66. The van der Waals surface area contributed by atoms with E-state index in [9.17, 15) is 0 Å². The molecule has 7 nitrogen and oxygen atoms in total. The Morgan fingerprint density at radius 3 is 1.04 bits per heavy atom. The molecule has 0 saturated carbocycles. The molecule has 3 fully saturated rings. The van der Waals surface area contributed by atoms with Gasteiger partial charge in [-0.2, -0.15) is 0 Å². The first-order chi connectivity index (χ1) is 25.4. The molecule has 338 valence electrons. The van der Waals surface area contributed by atoms with Gasteiger partial charge in [0, 0.05) is 35.2 Å². The first-order valence-electron chi connectivity index (χ1n) is 22.7. The molecule has 4 heterocycles. The average molecular weight is 907 g/mol. The molecule has 0 spiro atoms. The number of rotatable bonds is 6. The number of piperidine rings is 2. The molecule has 2 unspecified atom stereocenters. The normalized spacial score (nSPS) is 19.7. The van der Waals surface area contributed by atoms with Crippen molar-refractivity contribution in [2.75, 3.05) is 26.2 Å². The van der Waals surface area contributed by atoms with Gasteiger partial charge in [-0.15, -0.1) is 0 Å². The highest BCUT2D eigenvalue weighted by atomic mass is 28.2. The highest BCUT2D eigenvalue weighted by Crippen LogP contribution is 2.35. The van der Waals surface area contributed by atoms with Crippen LogP contribution < -0.4 is 0 Å². The van der Waals surface area contributed by atoms with E-state index in [2.05, 4.69) is 169 Å². The minimum Gasteiger partial charge on any atom is -0.390 e. The Kier molecular flexibility index (Phi) is 33.2. The van der Waals surface area contributed by atoms with Gasteiger partial charge in [0.05, 0.1) is 62.4 Å². The van der Waals surface area contributed by atoms with E-state index < -0.39 is 0 Å². The molecule has 14 heteroatoms. The van der Waals surface area contributed by atoms with Crippen LogP contribution in [0.2, 0.25) is 0 Å². The number of nitrogens with zero attached hydrogens (tertiary/aromatic N) is 7.